The molecule has 0 saturated carbocycles. The molecule has 2 aromatic heterocycles. The van der Waals surface area contributed by atoms with Crippen LogP contribution in [0.1, 0.15) is 28.1 Å². The van der Waals surface area contributed by atoms with E-state index in [2.05, 4.69) is 5.10 Å². The van der Waals surface area contributed by atoms with E-state index >= 15 is 0 Å². The van der Waals surface area contributed by atoms with E-state index in [1.165, 1.54) is 30.0 Å². The summed E-state index contributed by atoms with van der Waals surface area (Å²) in [5.74, 6) is -0.394. The maximum Gasteiger partial charge on any atom is 0.416 e. The predicted molar refractivity (Wildman–Crippen MR) is 126 cm³/mol. The van der Waals surface area contributed by atoms with Crippen LogP contribution in [0.5, 0.6) is 0 Å². The number of carbonyl (C=O) groups excluding carboxylic acids is 1. The van der Waals surface area contributed by atoms with Crippen LogP contribution in [0.2, 0.25) is 5.02 Å². The largest absolute Gasteiger partial charge is 0.468 e. The Balaban J connectivity index is 1.67. The summed E-state index contributed by atoms with van der Waals surface area (Å²) < 4.78 is 46.4. The Bertz CT molecular complexity index is 1460. The number of rotatable bonds is 6. The number of ether oxygens (including phenoxy) is 1. The first kappa shape index (κ1) is 24.5. The molecule has 0 aliphatic heterocycles. The second kappa shape index (κ2) is 9.58. The second-order valence-corrected chi connectivity index (χ2v) is 8.52. The number of benzene rings is 2. The molecule has 0 N–H and O–H groups in total. The van der Waals surface area contributed by atoms with Crippen LogP contribution in [0.25, 0.3) is 10.9 Å². The smallest absolute Gasteiger partial charge is 0.416 e. The predicted octanol–water partition coefficient (Wildman–Crippen LogP) is 4.99. The molecule has 35 heavy (non-hydrogen) atoms. The van der Waals surface area contributed by atoms with Gasteiger partial charge in [-0.1, -0.05) is 23.7 Å². The van der Waals surface area contributed by atoms with E-state index in [9.17, 15) is 22.8 Å². The highest BCUT2D eigenvalue weighted by molar-refractivity contribution is 6.31. The summed E-state index contributed by atoms with van der Waals surface area (Å²) in [5, 5.41) is 5.82. The van der Waals surface area contributed by atoms with E-state index in [4.69, 9.17) is 16.3 Å². The summed E-state index contributed by atoms with van der Waals surface area (Å²) in [4.78, 5) is 24.3. The Labute approximate surface area is 203 Å². The fourth-order valence-corrected chi connectivity index (χ4v) is 4.17. The normalized spacial score (nSPS) is 11.7. The number of aromatic nitrogens is 3. The Morgan fingerprint density at radius 1 is 1.09 bits per heavy atom. The van der Waals surface area contributed by atoms with E-state index in [0.29, 0.717) is 22.7 Å². The van der Waals surface area contributed by atoms with Gasteiger partial charge in [-0.05, 0) is 54.4 Å². The number of nitrogens with zero attached hydrogens (tertiary/aromatic N) is 3. The van der Waals surface area contributed by atoms with Gasteiger partial charge in [0.1, 0.15) is 6.54 Å². The number of fused-ring (bicyclic) bond motifs is 1. The highest BCUT2D eigenvalue weighted by atomic mass is 35.5. The monoisotopic (exact) mass is 503 g/mol. The summed E-state index contributed by atoms with van der Waals surface area (Å²) in [6.07, 6.45) is -4.08. The third kappa shape index (κ3) is 5.24. The molecule has 0 aliphatic rings. The van der Waals surface area contributed by atoms with Crippen LogP contribution in [0.15, 0.2) is 59.4 Å². The van der Waals surface area contributed by atoms with E-state index in [1.54, 1.807) is 12.1 Å². The van der Waals surface area contributed by atoms with Crippen molar-refractivity contribution in [2.75, 3.05) is 7.11 Å². The van der Waals surface area contributed by atoms with Gasteiger partial charge in [-0.25, -0.2) is 4.68 Å². The maximum absolute atomic E-state index is 12.8. The molecule has 0 amide bonds. The molecule has 6 nitrogen and oxygen atoms in total. The quantitative estimate of drug-likeness (QED) is 0.348. The first-order valence-electron chi connectivity index (χ1n) is 10.6. The first-order valence-corrected chi connectivity index (χ1v) is 11.0. The zero-order valence-electron chi connectivity index (χ0n) is 18.9. The average Bonchev–Trinajstić information content (AvgIpc) is 3.06. The van der Waals surface area contributed by atoms with Crippen LogP contribution in [0.4, 0.5) is 13.2 Å². The van der Waals surface area contributed by atoms with Gasteiger partial charge in [-0.2, -0.15) is 18.3 Å². The third-order valence-electron chi connectivity index (χ3n) is 5.82. The molecule has 2 aromatic carbocycles. The molecule has 0 spiro atoms. The Kier molecular flexibility index (Phi) is 6.71. The molecule has 0 bridgehead atoms. The van der Waals surface area contributed by atoms with E-state index in [1.807, 2.05) is 23.6 Å². The van der Waals surface area contributed by atoms with Gasteiger partial charge in [0.2, 0.25) is 0 Å². The zero-order chi connectivity index (χ0) is 25.3. The van der Waals surface area contributed by atoms with Gasteiger partial charge in [-0.3, -0.25) is 9.59 Å². The van der Waals surface area contributed by atoms with E-state index in [0.717, 1.165) is 34.3 Å². The minimum absolute atomic E-state index is 0.0275. The standard InChI is InChI=1S/C25H21ClF3N3O3/c1-15-20(21-11-18(26)7-9-22(21)31(15)14-24(34)35-2)12-19-8-10-23(33)32(30-19)13-16-3-5-17(6-4-16)25(27,28)29/h3-11H,12-14H2,1-2H3. The van der Waals surface area contributed by atoms with E-state index < -0.39 is 17.7 Å². The minimum Gasteiger partial charge on any atom is -0.468 e. The number of alkyl halides is 3. The topological polar surface area (TPSA) is 66.1 Å². The Morgan fingerprint density at radius 3 is 2.46 bits per heavy atom. The van der Waals surface area contributed by atoms with Gasteiger partial charge < -0.3 is 9.30 Å². The molecular weight excluding hydrogens is 483 g/mol. The van der Waals surface area contributed by atoms with Crippen molar-refractivity contribution >= 4 is 28.5 Å². The van der Waals surface area contributed by atoms with Crippen LogP contribution in [0, 0.1) is 6.92 Å². The molecule has 10 heteroatoms. The van der Waals surface area contributed by atoms with Crippen molar-refractivity contribution in [3.8, 4) is 0 Å². The number of hydrogen-bond donors (Lipinski definition) is 0. The van der Waals surface area contributed by atoms with Gasteiger partial charge in [0.15, 0.2) is 0 Å². The summed E-state index contributed by atoms with van der Waals surface area (Å²) in [5.41, 5.74) is 2.49. The van der Waals surface area contributed by atoms with Crippen molar-refractivity contribution in [2.45, 2.75) is 32.6 Å². The van der Waals surface area contributed by atoms with Crippen molar-refractivity contribution < 1.29 is 22.7 Å². The molecular formula is C25H21ClF3N3O3. The van der Waals surface area contributed by atoms with Gasteiger partial charge in [0.25, 0.3) is 5.56 Å². The summed E-state index contributed by atoms with van der Waals surface area (Å²) in [7, 11) is 1.32. The van der Waals surface area contributed by atoms with Crippen molar-refractivity contribution in [2.24, 2.45) is 0 Å². The van der Waals surface area contributed by atoms with Crippen LogP contribution < -0.4 is 5.56 Å². The van der Waals surface area contributed by atoms with Crippen LogP contribution in [0.3, 0.4) is 0 Å². The highest BCUT2D eigenvalue weighted by Crippen LogP contribution is 2.31. The Morgan fingerprint density at radius 2 is 1.80 bits per heavy atom. The molecule has 0 saturated heterocycles. The van der Waals surface area contributed by atoms with E-state index in [-0.39, 0.29) is 18.6 Å². The van der Waals surface area contributed by atoms with Gasteiger partial charge in [0.05, 0.1) is 24.9 Å². The number of esters is 1. The fraction of sp³-hybridized carbons (Fsp3) is 0.240. The lowest BCUT2D eigenvalue weighted by Gasteiger charge is -2.10. The molecule has 0 aliphatic carbocycles. The lowest BCUT2D eigenvalue weighted by Crippen LogP contribution is -2.23. The van der Waals surface area contributed by atoms with Gasteiger partial charge in [-0.15, -0.1) is 0 Å². The molecule has 0 unspecified atom stereocenters. The highest BCUT2D eigenvalue weighted by Gasteiger charge is 2.30. The molecule has 4 aromatic rings. The van der Waals surface area contributed by atoms with Crippen molar-refractivity contribution in [3.63, 3.8) is 0 Å². The number of halogens is 4. The van der Waals surface area contributed by atoms with Gasteiger partial charge in [0, 0.05) is 34.1 Å². The maximum atomic E-state index is 12.8. The molecule has 2 heterocycles. The first-order chi connectivity index (χ1) is 16.6. The van der Waals surface area contributed by atoms with Crippen molar-refractivity contribution in [1.29, 1.82) is 0 Å². The minimum atomic E-state index is -4.43. The molecule has 0 radical (unpaired) electrons. The SMILES string of the molecule is COC(=O)Cn1c(C)c(Cc2ccc(=O)n(Cc3ccc(C(F)(F)F)cc3)n2)c2cc(Cl)ccc21. The average molecular weight is 504 g/mol. The van der Waals surface area contributed by atoms with Crippen LogP contribution in [-0.4, -0.2) is 27.4 Å². The van der Waals surface area contributed by atoms with Crippen LogP contribution in [-0.2, 0) is 35.2 Å². The molecule has 182 valence electrons. The zero-order valence-corrected chi connectivity index (χ0v) is 19.7. The number of hydrogen-bond acceptors (Lipinski definition) is 4. The number of carbonyl (C=O) groups is 1. The molecule has 4 rings (SSSR count). The van der Waals surface area contributed by atoms with Gasteiger partial charge >= 0.3 is 12.1 Å². The summed E-state index contributed by atoms with van der Waals surface area (Å²) in [6, 6.07) is 13.0. The van der Waals surface area contributed by atoms with Crippen molar-refractivity contribution in [3.05, 3.63) is 98.1 Å². The fourth-order valence-electron chi connectivity index (χ4n) is 4.00. The Hall–Kier alpha value is -3.59. The summed E-state index contributed by atoms with van der Waals surface area (Å²) >= 11 is 6.23. The lowest BCUT2D eigenvalue weighted by atomic mass is 10.1. The van der Waals surface area contributed by atoms with Crippen LogP contribution >= 0.6 is 11.6 Å². The molecule has 0 fully saturated rings. The van der Waals surface area contributed by atoms with Crippen molar-refractivity contribution in [1.82, 2.24) is 14.3 Å². The second-order valence-electron chi connectivity index (χ2n) is 8.08. The third-order valence-corrected chi connectivity index (χ3v) is 6.06. The number of methoxy groups -OCH3 is 1. The molecule has 0 atom stereocenters. The summed E-state index contributed by atoms with van der Waals surface area (Å²) in [6.45, 7) is 1.94. The lowest BCUT2D eigenvalue weighted by molar-refractivity contribution is -0.141.